The molecule has 0 saturated carbocycles. The van der Waals surface area contributed by atoms with Crippen LogP contribution >= 0.6 is 11.8 Å². The number of H-pyrrole nitrogens is 1. The van der Waals surface area contributed by atoms with Gasteiger partial charge in [0.15, 0.2) is 11.6 Å². The van der Waals surface area contributed by atoms with E-state index in [-0.39, 0.29) is 5.78 Å². The van der Waals surface area contributed by atoms with Gasteiger partial charge in [-0.2, -0.15) is 0 Å². The average molecular weight is 337 g/mol. The molecule has 5 heteroatoms. The molecule has 4 nitrogen and oxygen atoms in total. The van der Waals surface area contributed by atoms with Gasteiger partial charge in [0.05, 0.1) is 5.75 Å². The Morgan fingerprint density at radius 2 is 1.79 bits per heavy atom. The van der Waals surface area contributed by atoms with Crippen molar-refractivity contribution in [3.63, 3.8) is 0 Å². The van der Waals surface area contributed by atoms with E-state index in [1.807, 2.05) is 43.3 Å². The molecule has 0 aliphatic rings. The van der Waals surface area contributed by atoms with Crippen LogP contribution in [0.25, 0.3) is 11.4 Å². The number of hydrogen-bond donors (Lipinski definition) is 1. The van der Waals surface area contributed by atoms with Gasteiger partial charge in [0.25, 0.3) is 0 Å². The molecule has 0 aliphatic carbocycles. The van der Waals surface area contributed by atoms with Gasteiger partial charge < -0.3 is 0 Å². The fourth-order valence-electron chi connectivity index (χ4n) is 2.29. The molecule has 1 aromatic heterocycles. The van der Waals surface area contributed by atoms with Gasteiger partial charge in [0.1, 0.15) is 0 Å². The van der Waals surface area contributed by atoms with Crippen molar-refractivity contribution < 1.29 is 4.79 Å². The predicted octanol–water partition coefficient (Wildman–Crippen LogP) is 4.32. The maximum absolute atomic E-state index is 12.2. The van der Waals surface area contributed by atoms with E-state index in [1.165, 1.54) is 17.3 Å². The molecule has 1 N–H and O–H groups in total. The summed E-state index contributed by atoms with van der Waals surface area (Å²) in [6, 6.07) is 15.9. The molecular formula is C19H19N3OS. The maximum Gasteiger partial charge on any atom is 0.209 e. The third-order valence-corrected chi connectivity index (χ3v) is 4.65. The average Bonchev–Trinajstić information content (AvgIpc) is 3.09. The fourth-order valence-corrected chi connectivity index (χ4v) is 2.98. The first-order chi connectivity index (χ1) is 11.7. The van der Waals surface area contributed by atoms with Crippen LogP contribution in [-0.2, 0) is 6.42 Å². The predicted molar refractivity (Wildman–Crippen MR) is 97.4 cm³/mol. The molecular weight excluding hydrogens is 318 g/mol. The first-order valence-electron chi connectivity index (χ1n) is 7.90. The van der Waals surface area contributed by atoms with Gasteiger partial charge in [0, 0.05) is 11.1 Å². The smallest absolute Gasteiger partial charge is 0.209 e. The number of ketones is 1. The van der Waals surface area contributed by atoms with Crippen LogP contribution in [0.3, 0.4) is 0 Å². The van der Waals surface area contributed by atoms with E-state index in [9.17, 15) is 4.79 Å². The van der Waals surface area contributed by atoms with E-state index in [4.69, 9.17) is 0 Å². The lowest BCUT2D eigenvalue weighted by Crippen LogP contribution is -2.02. The Hall–Kier alpha value is -2.40. The van der Waals surface area contributed by atoms with Crippen molar-refractivity contribution in [2.24, 2.45) is 0 Å². The molecule has 0 aliphatic heterocycles. The first-order valence-corrected chi connectivity index (χ1v) is 8.88. The zero-order chi connectivity index (χ0) is 16.9. The van der Waals surface area contributed by atoms with Gasteiger partial charge in [-0.05, 0) is 18.9 Å². The lowest BCUT2D eigenvalue weighted by Gasteiger charge is -2.00. The summed E-state index contributed by atoms with van der Waals surface area (Å²) in [4.78, 5) is 16.6. The van der Waals surface area contributed by atoms with Crippen molar-refractivity contribution in [2.45, 2.75) is 25.4 Å². The Morgan fingerprint density at radius 1 is 1.08 bits per heavy atom. The van der Waals surface area contributed by atoms with Crippen LogP contribution in [0.15, 0.2) is 53.7 Å². The molecule has 0 amide bonds. The molecule has 122 valence electrons. The third-order valence-electron chi connectivity index (χ3n) is 3.81. The second kappa shape index (κ2) is 7.45. The number of benzene rings is 2. The van der Waals surface area contributed by atoms with Gasteiger partial charge >= 0.3 is 0 Å². The zero-order valence-electron chi connectivity index (χ0n) is 13.7. The molecule has 3 aromatic rings. The van der Waals surface area contributed by atoms with E-state index >= 15 is 0 Å². The van der Waals surface area contributed by atoms with E-state index in [1.54, 1.807) is 0 Å². The van der Waals surface area contributed by atoms with Crippen molar-refractivity contribution in [1.82, 2.24) is 15.2 Å². The summed E-state index contributed by atoms with van der Waals surface area (Å²) in [5, 5.41) is 7.71. The van der Waals surface area contributed by atoms with E-state index in [2.05, 4.69) is 34.2 Å². The minimum Gasteiger partial charge on any atom is -0.293 e. The van der Waals surface area contributed by atoms with Crippen LogP contribution in [-0.4, -0.2) is 26.7 Å². The number of aromatic nitrogens is 3. The monoisotopic (exact) mass is 337 g/mol. The minimum absolute atomic E-state index is 0.0821. The summed E-state index contributed by atoms with van der Waals surface area (Å²) in [6.07, 6.45) is 1.01. The molecule has 0 saturated heterocycles. The summed E-state index contributed by atoms with van der Waals surface area (Å²) < 4.78 is 0. The minimum atomic E-state index is 0.0821. The third kappa shape index (κ3) is 3.92. The Morgan fingerprint density at radius 3 is 2.46 bits per heavy atom. The van der Waals surface area contributed by atoms with Crippen molar-refractivity contribution in [2.75, 3.05) is 5.75 Å². The molecule has 3 rings (SSSR count). The van der Waals surface area contributed by atoms with Crippen LogP contribution in [0.1, 0.15) is 28.4 Å². The van der Waals surface area contributed by atoms with Crippen LogP contribution in [0.4, 0.5) is 0 Å². The quantitative estimate of drug-likeness (QED) is 0.538. The number of aromatic amines is 1. The molecule has 24 heavy (non-hydrogen) atoms. The van der Waals surface area contributed by atoms with Gasteiger partial charge in [-0.1, -0.05) is 72.8 Å². The highest BCUT2D eigenvalue weighted by molar-refractivity contribution is 7.99. The zero-order valence-corrected chi connectivity index (χ0v) is 14.6. The van der Waals surface area contributed by atoms with Crippen LogP contribution in [0.2, 0.25) is 0 Å². The summed E-state index contributed by atoms with van der Waals surface area (Å²) in [7, 11) is 0. The fraction of sp³-hybridized carbons (Fsp3) is 0.211. The number of rotatable bonds is 6. The van der Waals surface area contributed by atoms with Crippen LogP contribution in [0.5, 0.6) is 0 Å². The molecule has 0 spiro atoms. The normalized spacial score (nSPS) is 10.8. The molecule has 0 fully saturated rings. The Balaban J connectivity index is 1.63. The van der Waals surface area contributed by atoms with Crippen molar-refractivity contribution >= 4 is 17.5 Å². The highest BCUT2D eigenvalue weighted by Gasteiger charge is 2.10. The van der Waals surface area contributed by atoms with Crippen LogP contribution in [0, 0.1) is 6.92 Å². The number of Topliss-reactive ketones (excluding diaryl/α,β-unsaturated/α-hetero) is 1. The highest BCUT2D eigenvalue weighted by atomic mass is 32.2. The van der Waals surface area contributed by atoms with Gasteiger partial charge in [-0.3, -0.25) is 9.89 Å². The molecule has 0 radical (unpaired) electrons. The van der Waals surface area contributed by atoms with Crippen molar-refractivity contribution in [3.8, 4) is 11.4 Å². The Bertz CT molecular complexity index is 823. The second-order valence-electron chi connectivity index (χ2n) is 5.59. The number of hydrogen-bond acceptors (Lipinski definition) is 4. The van der Waals surface area contributed by atoms with Gasteiger partial charge in [-0.25, -0.2) is 4.98 Å². The van der Waals surface area contributed by atoms with E-state index < -0.39 is 0 Å². The molecule has 2 aromatic carbocycles. The van der Waals surface area contributed by atoms with Crippen LogP contribution < -0.4 is 0 Å². The summed E-state index contributed by atoms with van der Waals surface area (Å²) in [6.45, 7) is 4.13. The molecule has 0 atom stereocenters. The highest BCUT2D eigenvalue weighted by Crippen LogP contribution is 2.20. The first kappa shape index (κ1) is 16.5. The number of nitrogens with one attached hydrogen (secondary N) is 1. The van der Waals surface area contributed by atoms with E-state index in [0.29, 0.717) is 10.9 Å². The molecule has 0 bridgehead atoms. The number of aryl methyl sites for hydroxylation is 2. The van der Waals surface area contributed by atoms with Gasteiger partial charge in [-0.15, -0.1) is 5.10 Å². The summed E-state index contributed by atoms with van der Waals surface area (Å²) in [5.74, 6) is 1.14. The van der Waals surface area contributed by atoms with E-state index in [0.717, 1.165) is 28.9 Å². The Labute approximate surface area is 145 Å². The SMILES string of the molecule is CCc1ccc(-c2nc(SCC(=O)c3ccc(C)cc3)n[nH]2)cc1. The number of carbonyl (C=O) groups is 1. The Kier molecular flexibility index (Phi) is 5.11. The maximum atomic E-state index is 12.2. The largest absolute Gasteiger partial charge is 0.293 e. The van der Waals surface area contributed by atoms with Gasteiger partial charge in [0.2, 0.25) is 5.16 Å². The summed E-state index contributed by atoms with van der Waals surface area (Å²) in [5.41, 5.74) is 4.15. The number of thioether (sulfide) groups is 1. The number of carbonyl (C=O) groups excluding carboxylic acids is 1. The second-order valence-corrected chi connectivity index (χ2v) is 6.54. The standard InChI is InChI=1S/C19H19N3OS/c1-3-14-6-10-16(11-7-14)18-20-19(22-21-18)24-12-17(23)15-8-4-13(2)5-9-15/h4-11H,3,12H2,1-2H3,(H,20,21,22). The lowest BCUT2D eigenvalue weighted by atomic mass is 10.1. The number of nitrogens with zero attached hydrogens (tertiary/aromatic N) is 2. The molecule has 1 heterocycles. The lowest BCUT2D eigenvalue weighted by molar-refractivity contribution is 0.102. The topological polar surface area (TPSA) is 58.6 Å². The van der Waals surface area contributed by atoms with Crippen molar-refractivity contribution in [3.05, 3.63) is 65.2 Å². The van der Waals surface area contributed by atoms with Crippen molar-refractivity contribution in [1.29, 1.82) is 0 Å². The molecule has 0 unspecified atom stereocenters. The summed E-state index contributed by atoms with van der Waals surface area (Å²) >= 11 is 1.35.